The maximum absolute atomic E-state index is 13.1. The van der Waals surface area contributed by atoms with Gasteiger partial charge >= 0.3 is 0 Å². The number of sulfonamides is 1. The Kier molecular flexibility index (Phi) is 6.16. The van der Waals surface area contributed by atoms with E-state index in [-0.39, 0.29) is 10.8 Å². The minimum absolute atomic E-state index is 0.151. The third kappa shape index (κ3) is 4.33. The topological polar surface area (TPSA) is 66.5 Å². The normalized spacial score (nSPS) is 13.4. The number of carbonyl (C=O) groups excluding carboxylic acids is 1. The molecule has 1 N–H and O–H groups in total. The Labute approximate surface area is 161 Å². The lowest BCUT2D eigenvalue weighted by molar-refractivity contribution is 0.0952. The van der Waals surface area contributed by atoms with E-state index in [2.05, 4.69) is 12.2 Å². The summed E-state index contributed by atoms with van der Waals surface area (Å²) in [5.41, 5.74) is 2.13. The fraction of sp³-hybridized carbons (Fsp3) is 0.381. The first kappa shape index (κ1) is 19.4. The van der Waals surface area contributed by atoms with Crippen LogP contribution in [0.25, 0.3) is 0 Å². The van der Waals surface area contributed by atoms with Crippen LogP contribution in [-0.2, 0) is 16.4 Å². The van der Waals surface area contributed by atoms with Crippen molar-refractivity contribution in [2.45, 2.75) is 43.9 Å². The van der Waals surface area contributed by atoms with Gasteiger partial charge in [-0.2, -0.15) is 0 Å². The van der Waals surface area contributed by atoms with Gasteiger partial charge in [0, 0.05) is 18.7 Å². The summed E-state index contributed by atoms with van der Waals surface area (Å²) in [6, 6.07) is 13.8. The molecule has 0 saturated heterocycles. The Balaban J connectivity index is 1.74. The van der Waals surface area contributed by atoms with Gasteiger partial charge in [0.1, 0.15) is 0 Å². The summed E-state index contributed by atoms with van der Waals surface area (Å²) in [5, 5.41) is 2.87. The molecule has 0 bridgehead atoms. The molecule has 1 heterocycles. The summed E-state index contributed by atoms with van der Waals surface area (Å²) in [5.74, 6) is -0.231. The van der Waals surface area contributed by atoms with Crippen LogP contribution >= 0.6 is 0 Å². The van der Waals surface area contributed by atoms with Crippen LogP contribution in [0.1, 0.15) is 48.5 Å². The van der Waals surface area contributed by atoms with E-state index in [0.29, 0.717) is 25.1 Å². The van der Waals surface area contributed by atoms with E-state index in [4.69, 9.17) is 0 Å². The van der Waals surface area contributed by atoms with Gasteiger partial charge in [0.15, 0.2) is 0 Å². The second-order valence-corrected chi connectivity index (χ2v) is 8.66. The second-order valence-electron chi connectivity index (χ2n) is 6.80. The lowest BCUT2D eigenvalue weighted by atomic mass is 10.2. The van der Waals surface area contributed by atoms with Gasteiger partial charge in [0.05, 0.1) is 10.6 Å². The smallest absolute Gasteiger partial charge is 0.264 e. The Hall–Kier alpha value is -2.34. The SMILES string of the molecule is CCCCCCNC(=O)c1cccc(S(=O)(=O)N2CCc3ccccc32)c1. The first-order valence-corrected chi connectivity index (χ1v) is 11.0. The Bertz CT molecular complexity index is 909. The average Bonchev–Trinajstić information content (AvgIpc) is 3.13. The molecule has 0 radical (unpaired) electrons. The van der Waals surface area contributed by atoms with Crippen molar-refractivity contribution in [2.75, 3.05) is 17.4 Å². The van der Waals surface area contributed by atoms with E-state index in [0.717, 1.165) is 36.9 Å². The number of nitrogens with one attached hydrogen (secondary N) is 1. The molecule has 0 atom stereocenters. The van der Waals surface area contributed by atoms with Gasteiger partial charge in [-0.15, -0.1) is 0 Å². The number of unbranched alkanes of at least 4 members (excludes halogenated alkanes) is 3. The van der Waals surface area contributed by atoms with Crippen LogP contribution in [0.5, 0.6) is 0 Å². The third-order valence-corrected chi connectivity index (χ3v) is 6.65. The summed E-state index contributed by atoms with van der Waals surface area (Å²) >= 11 is 0. The number of fused-ring (bicyclic) bond motifs is 1. The number of para-hydroxylation sites is 1. The van der Waals surface area contributed by atoms with E-state index in [1.807, 2.05) is 24.3 Å². The molecular formula is C21H26N2O3S. The molecule has 144 valence electrons. The Morgan fingerprint density at radius 3 is 2.70 bits per heavy atom. The fourth-order valence-electron chi connectivity index (χ4n) is 3.34. The summed E-state index contributed by atoms with van der Waals surface area (Å²) in [6.45, 7) is 3.17. The highest BCUT2D eigenvalue weighted by molar-refractivity contribution is 7.92. The van der Waals surface area contributed by atoms with Crippen LogP contribution in [0.3, 0.4) is 0 Å². The molecule has 6 heteroatoms. The number of rotatable bonds is 8. The van der Waals surface area contributed by atoms with Gasteiger partial charge in [-0.3, -0.25) is 9.10 Å². The predicted octanol–water partition coefficient (Wildman–Crippen LogP) is 3.75. The maximum Gasteiger partial charge on any atom is 0.264 e. The number of anilines is 1. The van der Waals surface area contributed by atoms with Crippen molar-refractivity contribution < 1.29 is 13.2 Å². The lowest BCUT2D eigenvalue weighted by Crippen LogP contribution is -2.29. The minimum atomic E-state index is -3.69. The van der Waals surface area contributed by atoms with Crippen LogP contribution in [0.2, 0.25) is 0 Å². The second kappa shape index (κ2) is 8.57. The first-order chi connectivity index (χ1) is 13.0. The number of hydrogen-bond acceptors (Lipinski definition) is 3. The molecule has 2 aromatic rings. The quantitative estimate of drug-likeness (QED) is 0.703. The van der Waals surface area contributed by atoms with E-state index in [1.54, 1.807) is 18.2 Å². The van der Waals surface area contributed by atoms with E-state index in [9.17, 15) is 13.2 Å². The molecule has 1 aliphatic heterocycles. The summed E-state index contributed by atoms with van der Waals surface area (Å²) in [6.07, 6.45) is 5.02. The molecule has 0 spiro atoms. The van der Waals surface area contributed by atoms with Gasteiger partial charge < -0.3 is 5.32 Å². The first-order valence-electron chi connectivity index (χ1n) is 9.53. The summed E-state index contributed by atoms with van der Waals surface area (Å²) in [4.78, 5) is 12.5. The fourth-order valence-corrected chi connectivity index (χ4v) is 4.89. The minimum Gasteiger partial charge on any atom is -0.352 e. The summed E-state index contributed by atoms with van der Waals surface area (Å²) < 4.78 is 27.6. The number of amides is 1. The van der Waals surface area contributed by atoms with E-state index >= 15 is 0 Å². The van der Waals surface area contributed by atoms with Crippen LogP contribution in [0.15, 0.2) is 53.4 Å². The van der Waals surface area contributed by atoms with Crippen LogP contribution in [0.4, 0.5) is 5.69 Å². The monoisotopic (exact) mass is 386 g/mol. The van der Waals surface area contributed by atoms with Gasteiger partial charge in [0.25, 0.3) is 15.9 Å². The van der Waals surface area contributed by atoms with E-state index in [1.165, 1.54) is 10.4 Å². The molecule has 0 aromatic heterocycles. The molecule has 3 rings (SSSR count). The zero-order valence-corrected chi connectivity index (χ0v) is 16.5. The van der Waals surface area contributed by atoms with Crippen molar-refractivity contribution in [2.24, 2.45) is 0 Å². The van der Waals surface area contributed by atoms with Crippen LogP contribution < -0.4 is 9.62 Å². The highest BCUT2D eigenvalue weighted by Gasteiger charge is 2.30. The molecule has 0 saturated carbocycles. The van der Waals surface area contributed by atoms with Gasteiger partial charge in [-0.25, -0.2) is 8.42 Å². The molecule has 2 aromatic carbocycles. The molecule has 1 amide bonds. The van der Waals surface area contributed by atoms with Crippen molar-refractivity contribution in [3.8, 4) is 0 Å². The van der Waals surface area contributed by atoms with Gasteiger partial charge in [0.2, 0.25) is 0 Å². The third-order valence-electron chi connectivity index (χ3n) is 4.84. The Morgan fingerprint density at radius 2 is 1.89 bits per heavy atom. The van der Waals surface area contributed by atoms with Crippen molar-refractivity contribution in [3.63, 3.8) is 0 Å². The predicted molar refractivity (Wildman–Crippen MR) is 108 cm³/mol. The molecule has 5 nitrogen and oxygen atoms in total. The average molecular weight is 387 g/mol. The standard InChI is InChI=1S/C21H26N2O3S/c1-2-3-4-7-14-22-21(24)18-10-8-11-19(16-18)27(25,26)23-15-13-17-9-5-6-12-20(17)23/h5-6,8-12,16H,2-4,7,13-15H2,1H3,(H,22,24). The molecule has 0 unspecified atom stereocenters. The van der Waals surface area contributed by atoms with Crippen molar-refractivity contribution in [3.05, 3.63) is 59.7 Å². The number of benzene rings is 2. The van der Waals surface area contributed by atoms with Gasteiger partial charge in [-0.05, 0) is 42.7 Å². The zero-order chi connectivity index (χ0) is 19.3. The molecule has 0 fully saturated rings. The molecular weight excluding hydrogens is 360 g/mol. The molecule has 0 aliphatic carbocycles. The molecule has 27 heavy (non-hydrogen) atoms. The summed E-state index contributed by atoms with van der Waals surface area (Å²) in [7, 11) is -3.69. The number of carbonyl (C=O) groups is 1. The highest BCUT2D eigenvalue weighted by atomic mass is 32.2. The molecule has 1 aliphatic rings. The Morgan fingerprint density at radius 1 is 1.07 bits per heavy atom. The number of nitrogens with zero attached hydrogens (tertiary/aromatic N) is 1. The van der Waals surface area contributed by atoms with Crippen molar-refractivity contribution in [1.29, 1.82) is 0 Å². The zero-order valence-electron chi connectivity index (χ0n) is 15.6. The lowest BCUT2D eigenvalue weighted by Gasteiger charge is -2.20. The van der Waals surface area contributed by atoms with Crippen LogP contribution in [0, 0.1) is 0 Å². The van der Waals surface area contributed by atoms with Crippen molar-refractivity contribution in [1.82, 2.24) is 5.32 Å². The maximum atomic E-state index is 13.1. The van der Waals surface area contributed by atoms with Crippen LogP contribution in [-0.4, -0.2) is 27.4 Å². The number of hydrogen-bond donors (Lipinski definition) is 1. The largest absolute Gasteiger partial charge is 0.352 e. The van der Waals surface area contributed by atoms with Gasteiger partial charge in [-0.1, -0.05) is 50.5 Å². The highest BCUT2D eigenvalue weighted by Crippen LogP contribution is 2.32. The van der Waals surface area contributed by atoms with Crippen molar-refractivity contribution >= 4 is 21.6 Å². The van der Waals surface area contributed by atoms with E-state index < -0.39 is 10.0 Å².